The number of hydrogen-bond donors (Lipinski definition) is 0. The van der Waals surface area contributed by atoms with Crippen molar-refractivity contribution < 1.29 is 59.8 Å². The van der Waals surface area contributed by atoms with Crippen LogP contribution >= 0.6 is 0 Å². The van der Waals surface area contributed by atoms with Crippen LogP contribution in [0, 0.1) is 13.8 Å². The first-order chi connectivity index (χ1) is 5.41. The van der Waals surface area contributed by atoms with Crippen molar-refractivity contribution in [3.63, 3.8) is 0 Å². The molecule has 0 aromatic heterocycles. The molecule has 0 saturated heterocycles. The van der Waals surface area contributed by atoms with Gasteiger partial charge in [0.15, 0.2) is 0 Å². The van der Waals surface area contributed by atoms with Crippen LogP contribution in [-0.4, -0.2) is 8.42 Å². The Bertz CT molecular complexity index is 399. The first-order valence-corrected chi connectivity index (χ1v) is 5.85. The second kappa shape index (κ2) is 5.30. The SMILES string of the molecule is Cc1ccc(S(=O)(=O)[S-])c(C)c1.[K+]. The average Bonchev–Trinajstić information content (AvgIpc) is 1.83. The molecular weight excluding hydrogens is 231 g/mol. The fraction of sp³-hybridized carbons (Fsp3) is 0.250. The Kier molecular flexibility index (Phi) is 5.77. The van der Waals surface area contributed by atoms with E-state index >= 15 is 0 Å². The van der Waals surface area contributed by atoms with E-state index in [1.807, 2.05) is 6.92 Å². The van der Waals surface area contributed by atoms with Gasteiger partial charge in [-0.3, -0.25) is 0 Å². The standard InChI is InChI=1S/C8H10O2S2.K/c1-6-3-4-8(7(2)5-6)12(9,10)11;/h3-5H,1-2H3,(H,9,10,11);/q;+1/p-1. The van der Waals surface area contributed by atoms with Crippen LogP contribution in [0.4, 0.5) is 0 Å². The zero-order chi connectivity index (χ0) is 9.35. The van der Waals surface area contributed by atoms with Crippen molar-refractivity contribution in [2.24, 2.45) is 0 Å². The average molecular weight is 240 g/mol. The van der Waals surface area contributed by atoms with Crippen molar-refractivity contribution >= 4 is 20.5 Å². The molecule has 1 aromatic rings. The maximum absolute atomic E-state index is 11.0. The normalized spacial score (nSPS) is 10.7. The van der Waals surface area contributed by atoms with Crippen LogP contribution in [0.2, 0.25) is 0 Å². The van der Waals surface area contributed by atoms with Gasteiger partial charge < -0.3 is 11.7 Å². The summed E-state index contributed by atoms with van der Waals surface area (Å²) in [7, 11) is -3.47. The largest absolute Gasteiger partial charge is 1.00 e. The van der Waals surface area contributed by atoms with Gasteiger partial charge in [-0.2, -0.15) is 0 Å². The van der Waals surface area contributed by atoms with Crippen LogP contribution < -0.4 is 51.4 Å². The molecule has 0 radical (unpaired) electrons. The molecule has 2 nitrogen and oxygen atoms in total. The van der Waals surface area contributed by atoms with Crippen LogP contribution in [-0.2, 0) is 20.5 Å². The Morgan fingerprint density at radius 3 is 2.15 bits per heavy atom. The van der Waals surface area contributed by atoms with E-state index in [-0.39, 0.29) is 56.3 Å². The molecule has 66 valence electrons. The molecule has 0 amide bonds. The molecule has 0 N–H and O–H groups in total. The maximum Gasteiger partial charge on any atom is 1.00 e. The van der Waals surface area contributed by atoms with E-state index in [4.69, 9.17) is 0 Å². The van der Waals surface area contributed by atoms with Crippen molar-refractivity contribution in [2.45, 2.75) is 18.7 Å². The molecule has 0 fully saturated rings. The first kappa shape index (κ1) is 14.2. The molecule has 0 unspecified atom stereocenters. The van der Waals surface area contributed by atoms with Crippen molar-refractivity contribution in [3.8, 4) is 0 Å². The Morgan fingerprint density at radius 1 is 1.23 bits per heavy atom. The van der Waals surface area contributed by atoms with Crippen molar-refractivity contribution in [1.29, 1.82) is 0 Å². The van der Waals surface area contributed by atoms with E-state index in [1.54, 1.807) is 25.1 Å². The summed E-state index contributed by atoms with van der Waals surface area (Å²) in [6.07, 6.45) is 0. The van der Waals surface area contributed by atoms with Crippen molar-refractivity contribution in [1.82, 2.24) is 0 Å². The molecule has 0 saturated carbocycles. The smallest absolute Gasteiger partial charge is 0.644 e. The molecule has 1 aromatic carbocycles. The molecular formula is C8H9KO2S2. The third-order valence-electron chi connectivity index (χ3n) is 1.60. The quantitative estimate of drug-likeness (QED) is 0.342. The summed E-state index contributed by atoms with van der Waals surface area (Å²) < 4.78 is 22.0. The van der Waals surface area contributed by atoms with Crippen LogP contribution in [0.25, 0.3) is 0 Å². The molecule has 0 spiro atoms. The molecule has 0 atom stereocenters. The summed E-state index contributed by atoms with van der Waals surface area (Å²) in [5.41, 5.74) is 1.75. The maximum atomic E-state index is 11.0. The summed E-state index contributed by atoms with van der Waals surface area (Å²) in [5, 5.41) is 0. The molecule has 1 rings (SSSR count). The summed E-state index contributed by atoms with van der Waals surface area (Å²) >= 11 is 4.35. The Hall–Kier alpha value is 1.16. The predicted octanol–water partition coefficient (Wildman–Crippen LogP) is -1.46. The second-order valence-electron chi connectivity index (χ2n) is 2.72. The van der Waals surface area contributed by atoms with E-state index in [9.17, 15) is 8.42 Å². The van der Waals surface area contributed by atoms with Crippen LogP contribution in [0.3, 0.4) is 0 Å². The molecule has 0 bridgehead atoms. The molecule has 13 heavy (non-hydrogen) atoms. The molecule has 0 aliphatic heterocycles. The van der Waals surface area contributed by atoms with E-state index in [1.165, 1.54) is 0 Å². The third-order valence-corrected chi connectivity index (χ3v) is 3.14. The number of aryl methyl sites for hydroxylation is 2. The monoisotopic (exact) mass is 240 g/mol. The topological polar surface area (TPSA) is 34.1 Å². The second-order valence-corrected chi connectivity index (χ2v) is 5.39. The van der Waals surface area contributed by atoms with E-state index in [2.05, 4.69) is 11.7 Å². The van der Waals surface area contributed by atoms with Crippen LogP contribution in [0.1, 0.15) is 11.1 Å². The zero-order valence-electron chi connectivity index (χ0n) is 7.87. The summed E-state index contributed by atoms with van der Waals surface area (Å²) in [6.45, 7) is 3.65. The predicted molar refractivity (Wildman–Crippen MR) is 50.5 cm³/mol. The Labute approximate surface area is 126 Å². The van der Waals surface area contributed by atoms with E-state index in [0.717, 1.165) is 5.56 Å². The number of benzene rings is 1. The molecule has 0 aliphatic rings. The summed E-state index contributed by atoms with van der Waals surface area (Å²) in [6, 6.07) is 5.10. The van der Waals surface area contributed by atoms with Gasteiger partial charge in [-0.05, 0) is 25.5 Å². The number of rotatable bonds is 1. The van der Waals surface area contributed by atoms with Gasteiger partial charge in [0.2, 0.25) is 0 Å². The fourth-order valence-corrected chi connectivity index (χ4v) is 2.33. The van der Waals surface area contributed by atoms with Gasteiger partial charge in [-0.25, -0.2) is 8.42 Å². The molecule has 0 aliphatic carbocycles. The first-order valence-electron chi connectivity index (χ1n) is 3.44. The van der Waals surface area contributed by atoms with Gasteiger partial charge in [0.25, 0.3) is 0 Å². The van der Waals surface area contributed by atoms with E-state index < -0.39 is 8.87 Å². The van der Waals surface area contributed by atoms with Gasteiger partial charge in [0.05, 0.1) is 8.87 Å². The minimum Gasteiger partial charge on any atom is -0.644 e. The third kappa shape index (κ3) is 4.03. The van der Waals surface area contributed by atoms with Gasteiger partial charge in [-0.15, -0.1) is 0 Å². The molecule has 5 heteroatoms. The Balaban J connectivity index is 0.00000144. The minimum absolute atomic E-state index is 0. The Morgan fingerprint density at radius 2 is 1.77 bits per heavy atom. The van der Waals surface area contributed by atoms with Gasteiger partial charge >= 0.3 is 51.4 Å². The van der Waals surface area contributed by atoms with Gasteiger partial charge in [0.1, 0.15) is 0 Å². The van der Waals surface area contributed by atoms with Crippen LogP contribution in [0.15, 0.2) is 23.1 Å². The van der Waals surface area contributed by atoms with Crippen molar-refractivity contribution in [2.75, 3.05) is 0 Å². The molecule has 0 heterocycles. The van der Waals surface area contributed by atoms with Gasteiger partial charge in [0, 0.05) is 4.90 Å². The number of hydrogen-bond acceptors (Lipinski definition) is 3. The van der Waals surface area contributed by atoms with Gasteiger partial charge in [-0.1, -0.05) is 17.7 Å². The summed E-state index contributed by atoms with van der Waals surface area (Å²) in [5.74, 6) is 0. The summed E-state index contributed by atoms with van der Waals surface area (Å²) in [4.78, 5) is 0.239. The fourth-order valence-electron chi connectivity index (χ4n) is 1.08. The zero-order valence-corrected chi connectivity index (χ0v) is 12.6. The van der Waals surface area contributed by atoms with E-state index in [0.29, 0.717) is 5.56 Å². The minimum atomic E-state index is -3.47. The van der Waals surface area contributed by atoms with Crippen molar-refractivity contribution in [3.05, 3.63) is 29.3 Å². The van der Waals surface area contributed by atoms with Crippen LogP contribution in [0.5, 0.6) is 0 Å².